The van der Waals surface area contributed by atoms with Crippen molar-refractivity contribution in [3.05, 3.63) is 35.6 Å². The summed E-state index contributed by atoms with van der Waals surface area (Å²) in [4.78, 5) is 16.0. The maximum Gasteiger partial charge on any atom is 0.219 e. The monoisotopic (exact) mass is 312 g/mol. The number of hydrogen-bond donors (Lipinski definition) is 0. The van der Waals surface area contributed by atoms with Crippen LogP contribution in [0.4, 0.5) is 0 Å². The van der Waals surface area contributed by atoms with Crippen LogP contribution in [0.15, 0.2) is 28.7 Å². The summed E-state index contributed by atoms with van der Waals surface area (Å²) in [5.74, 6) is 2.11. The normalized spacial score (nSPS) is 20.0. The van der Waals surface area contributed by atoms with Crippen LogP contribution in [0.3, 0.4) is 0 Å². The van der Waals surface area contributed by atoms with Gasteiger partial charge in [0.2, 0.25) is 5.91 Å². The van der Waals surface area contributed by atoms with Crippen LogP contribution in [0.2, 0.25) is 0 Å². The van der Waals surface area contributed by atoms with E-state index in [0.29, 0.717) is 5.92 Å². The minimum atomic E-state index is 0.218. The maximum absolute atomic E-state index is 11.4. The molecule has 0 atom stereocenters. The summed E-state index contributed by atoms with van der Waals surface area (Å²) < 4.78 is 6.00. The number of nitrogens with zero attached hydrogens (tertiary/aromatic N) is 2. The number of likely N-dealkylation sites (tertiary alicyclic amines) is 1. The second kappa shape index (κ2) is 6.00. The third-order valence-electron chi connectivity index (χ3n) is 5.39. The van der Waals surface area contributed by atoms with E-state index >= 15 is 0 Å². The van der Waals surface area contributed by atoms with Crippen LogP contribution in [0.5, 0.6) is 0 Å². The first-order chi connectivity index (χ1) is 11.2. The highest BCUT2D eigenvalue weighted by molar-refractivity contribution is 5.82. The molecule has 0 unspecified atom stereocenters. The zero-order valence-corrected chi connectivity index (χ0v) is 13.8. The van der Waals surface area contributed by atoms with E-state index in [-0.39, 0.29) is 5.91 Å². The van der Waals surface area contributed by atoms with Crippen molar-refractivity contribution in [2.75, 3.05) is 26.2 Å². The van der Waals surface area contributed by atoms with Gasteiger partial charge in [0.1, 0.15) is 11.3 Å². The van der Waals surface area contributed by atoms with Gasteiger partial charge in [-0.25, -0.2) is 0 Å². The average Bonchev–Trinajstić information content (AvgIpc) is 2.93. The van der Waals surface area contributed by atoms with Crippen molar-refractivity contribution < 1.29 is 9.21 Å². The Balaban J connectivity index is 1.42. The van der Waals surface area contributed by atoms with Gasteiger partial charge in [0.05, 0.1) is 0 Å². The summed E-state index contributed by atoms with van der Waals surface area (Å²) in [6.07, 6.45) is 3.28. The Morgan fingerprint density at radius 1 is 1.22 bits per heavy atom. The molecule has 0 spiro atoms. The maximum atomic E-state index is 11.4. The molecule has 0 aliphatic carbocycles. The van der Waals surface area contributed by atoms with E-state index in [9.17, 15) is 4.79 Å². The predicted molar refractivity (Wildman–Crippen MR) is 90.2 cm³/mol. The predicted octanol–water partition coefficient (Wildman–Crippen LogP) is 3.05. The molecular weight excluding hydrogens is 288 g/mol. The summed E-state index contributed by atoms with van der Waals surface area (Å²) in [6.45, 7) is 6.75. The van der Waals surface area contributed by atoms with Crippen LogP contribution in [-0.2, 0) is 17.8 Å². The molecule has 1 amide bonds. The second-order valence-corrected chi connectivity index (χ2v) is 6.93. The number of piperidine rings is 1. The molecule has 0 saturated carbocycles. The van der Waals surface area contributed by atoms with Crippen LogP contribution < -0.4 is 0 Å². The van der Waals surface area contributed by atoms with Crippen molar-refractivity contribution in [3.8, 4) is 0 Å². The van der Waals surface area contributed by atoms with Gasteiger partial charge in [0, 0.05) is 57.0 Å². The van der Waals surface area contributed by atoms with E-state index < -0.39 is 0 Å². The summed E-state index contributed by atoms with van der Waals surface area (Å²) in [7, 11) is 0. The van der Waals surface area contributed by atoms with Gasteiger partial charge in [-0.1, -0.05) is 18.2 Å². The first-order valence-electron chi connectivity index (χ1n) is 8.68. The van der Waals surface area contributed by atoms with Crippen molar-refractivity contribution >= 4 is 16.9 Å². The molecule has 122 valence electrons. The van der Waals surface area contributed by atoms with E-state index in [1.807, 2.05) is 11.0 Å². The van der Waals surface area contributed by atoms with Crippen LogP contribution in [0.25, 0.3) is 11.0 Å². The molecule has 4 heteroatoms. The Hall–Kier alpha value is -1.81. The largest absolute Gasteiger partial charge is 0.461 e. The molecule has 1 aromatic carbocycles. The van der Waals surface area contributed by atoms with Crippen molar-refractivity contribution in [2.45, 2.75) is 32.7 Å². The quantitative estimate of drug-likeness (QED) is 0.855. The summed E-state index contributed by atoms with van der Waals surface area (Å²) in [6, 6.07) is 8.37. The second-order valence-electron chi connectivity index (χ2n) is 6.93. The molecule has 0 bridgehead atoms. The number of rotatable bonds is 2. The topological polar surface area (TPSA) is 36.7 Å². The van der Waals surface area contributed by atoms with Crippen LogP contribution in [0, 0.1) is 5.92 Å². The SMILES string of the molecule is CC(=O)N1CCC(CN2CCc3oc4ccccc4c3C2)CC1. The third kappa shape index (κ3) is 2.88. The highest BCUT2D eigenvalue weighted by Gasteiger charge is 2.26. The number of fused-ring (bicyclic) bond motifs is 3. The zero-order chi connectivity index (χ0) is 15.8. The molecule has 0 radical (unpaired) electrons. The molecule has 2 aliphatic heterocycles. The van der Waals surface area contributed by atoms with E-state index in [1.165, 1.54) is 16.7 Å². The van der Waals surface area contributed by atoms with Crippen molar-refractivity contribution in [1.29, 1.82) is 0 Å². The number of benzene rings is 1. The molecule has 1 saturated heterocycles. The summed E-state index contributed by atoms with van der Waals surface area (Å²) >= 11 is 0. The van der Waals surface area contributed by atoms with Gasteiger partial charge in [-0.3, -0.25) is 9.69 Å². The lowest BCUT2D eigenvalue weighted by molar-refractivity contribution is -0.130. The minimum Gasteiger partial charge on any atom is -0.461 e. The minimum absolute atomic E-state index is 0.218. The summed E-state index contributed by atoms with van der Waals surface area (Å²) in [5, 5.41) is 1.28. The Bertz CT molecular complexity index is 713. The molecule has 1 aromatic heterocycles. The van der Waals surface area contributed by atoms with E-state index in [2.05, 4.69) is 23.1 Å². The van der Waals surface area contributed by atoms with Crippen LogP contribution in [-0.4, -0.2) is 41.9 Å². The average molecular weight is 312 g/mol. The first-order valence-corrected chi connectivity index (χ1v) is 8.68. The lowest BCUT2D eigenvalue weighted by Crippen LogP contribution is -2.41. The zero-order valence-electron chi connectivity index (χ0n) is 13.8. The van der Waals surface area contributed by atoms with Gasteiger partial charge in [0.15, 0.2) is 0 Å². The highest BCUT2D eigenvalue weighted by atomic mass is 16.3. The van der Waals surface area contributed by atoms with Gasteiger partial charge < -0.3 is 9.32 Å². The molecule has 3 heterocycles. The molecule has 4 nitrogen and oxygen atoms in total. The molecular formula is C19H24N2O2. The van der Waals surface area contributed by atoms with Gasteiger partial charge in [-0.15, -0.1) is 0 Å². The van der Waals surface area contributed by atoms with Gasteiger partial charge in [-0.2, -0.15) is 0 Å². The van der Waals surface area contributed by atoms with E-state index in [0.717, 1.165) is 57.6 Å². The molecule has 23 heavy (non-hydrogen) atoms. The van der Waals surface area contributed by atoms with Gasteiger partial charge in [-0.05, 0) is 24.8 Å². The van der Waals surface area contributed by atoms with Crippen molar-refractivity contribution in [1.82, 2.24) is 9.80 Å². The van der Waals surface area contributed by atoms with Crippen molar-refractivity contribution in [2.24, 2.45) is 5.92 Å². The first kappa shape index (κ1) is 14.8. The lowest BCUT2D eigenvalue weighted by Gasteiger charge is -2.35. The number of furan rings is 1. The Labute approximate surface area is 137 Å². The Morgan fingerprint density at radius 2 is 2.00 bits per heavy atom. The molecule has 2 aliphatic rings. The van der Waals surface area contributed by atoms with Crippen molar-refractivity contribution in [3.63, 3.8) is 0 Å². The molecule has 2 aromatic rings. The molecule has 4 rings (SSSR count). The standard InChI is InChI=1S/C19H24N2O2/c1-14(22)21-10-6-15(7-11-21)12-20-9-8-19-17(13-20)16-4-2-3-5-18(16)23-19/h2-5,15H,6-13H2,1H3. The van der Waals surface area contributed by atoms with Gasteiger partial charge >= 0.3 is 0 Å². The fourth-order valence-electron chi connectivity index (χ4n) is 4.04. The fourth-order valence-corrected chi connectivity index (χ4v) is 4.04. The Kier molecular flexibility index (Phi) is 3.85. The highest BCUT2D eigenvalue weighted by Crippen LogP contribution is 2.31. The van der Waals surface area contributed by atoms with Crippen LogP contribution >= 0.6 is 0 Å². The number of amides is 1. The third-order valence-corrected chi connectivity index (χ3v) is 5.39. The molecule has 1 fully saturated rings. The fraction of sp³-hybridized carbons (Fsp3) is 0.526. The summed E-state index contributed by atoms with van der Waals surface area (Å²) in [5.41, 5.74) is 2.40. The number of hydrogen-bond acceptors (Lipinski definition) is 3. The smallest absolute Gasteiger partial charge is 0.219 e. The lowest BCUT2D eigenvalue weighted by atomic mass is 9.95. The van der Waals surface area contributed by atoms with Crippen LogP contribution in [0.1, 0.15) is 31.1 Å². The number of para-hydroxylation sites is 1. The van der Waals surface area contributed by atoms with E-state index in [4.69, 9.17) is 4.42 Å². The van der Waals surface area contributed by atoms with E-state index in [1.54, 1.807) is 6.92 Å². The number of carbonyl (C=O) groups excluding carboxylic acids is 1. The molecule has 0 N–H and O–H groups in total. The Morgan fingerprint density at radius 3 is 2.78 bits per heavy atom. The van der Waals surface area contributed by atoms with Gasteiger partial charge in [0.25, 0.3) is 0 Å². The number of carbonyl (C=O) groups is 1.